The van der Waals surface area contributed by atoms with Gasteiger partial charge in [0.1, 0.15) is 0 Å². The largest absolute Gasteiger partial charge is 0.379 e. The fraction of sp³-hybridized carbons (Fsp3) is 0.500. The second-order valence-electron chi connectivity index (χ2n) is 8.71. The zero-order valence-electron chi connectivity index (χ0n) is 17.6. The fourth-order valence-electron chi connectivity index (χ4n) is 4.51. The van der Waals surface area contributed by atoms with E-state index in [1.807, 2.05) is 35.5 Å². The Kier molecular flexibility index (Phi) is 5.97. The molecule has 5 heteroatoms. The van der Waals surface area contributed by atoms with Crippen LogP contribution in [-0.4, -0.2) is 60.1 Å². The molecule has 1 amide bonds. The molecule has 0 bridgehead atoms. The molecule has 0 atom stereocenters. The molecule has 0 N–H and O–H groups in total. The molecule has 2 aromatic rings. The van der Waals surface area contributed by atoms with Gasteiger partial charge in [-0.1, -0.05) is 6.07 Å². The molecule has 1 spiro atoms. The van der Waals surface area contributed by atoms with Crippen LogP contribution in [0.25, 0.3) is 0 Å². The molecule has 4 rings (SSSR count). The third-order valence-electron chi connectivity index (χ3n) is 6.54. The summed E-state index contributed by atoms with van der Waals surface area (Å²) >= 11 is 0. The first-order chi connectivity index (χ1) is 14.0. The summed E-state index contributed by atoms with van der Waals surface area (Å²) < 4.78 is 6.01. The maximum Gasteiger partial charge on any atom is 0.253 e. The van der Waals surface area contributed by atoms with Crippen molar-refractivity contribution in [3.63, 3.8) is 0 Å². The highest BCUT2D eigenvalue weighted by Gasteiger charge is 2.39. The summed E-state index contributed by atoms with van der Waals surface area (Å²) in [6.07, 6.45) is 5.71. The van der Waals surface area contributed by atoms with Crippen molar-refractivity contribution in [1.82, 2.24) is 14.8 Å². The van der Waals surface area contributed by atoms with Crippen molar-refractivity contribution in [3.05, 3.63) is 65.0 Å². The van der Waals surface area contributed by atoms with Gasteiger partial charge in [0.05, 0.1) is 13.2 Å². The summed E-state index contributed by atoms with van der Waals surface area (Å²) in [5.74, 6) is 0.158. The molecular weight excluding hydrogens is 362 g/mol. The van der Waals surface area contributed by atoms with E-state index in [0.717, 1.165) is 64.3 Å². The average molecular weight is 394 g/mol. The number of nitrogens with zero attached hydrogens (tertiary/aromatic N) is 3. The lowest BCUT2D eigenvalue weighted by Gasteiger charge is -2.42. The smallest absolute Gasteiger partial charge is 0.253 e. The second-order valence-corrected chi connectivity index (χ2v) is 8.71. The highest BCUT2D eigenvalue weighted by atomic mass is 16.5. The van der Waals surface area contributed by atoms with Crippen molar-refractivity contribution in [3.8, 4) is 0 Å². The summed E-state index contributed by atoms with van der Waals surface area (Å²) in [5.41, 5.74) is 4.64. The zero-order valence-corrected chi connectivity index (χ0v) is 17.6. The number of carbonyl (C=O) groups is 1. The summed E-state index contributed by atoms with van der Waals surface area (Å²) in [4.78, 5) is 21.6. The maximum atomic E-state index is 13.0. The van der Waals surface area contributed by atoms with Crippen molar-refractivity contribution in [2.24, 2.45) is 5.41 Å². The van der Waals surface area contributed by atoms with Crippen LogP contribution in [0.3, 0.4) is 0 Å². The SMILES string of the molecule is Cc1ccc(C(=O)N2CCC3(CC2)COCCN(Cc2ccncc2)C3)cc1C. The van der Waals surface area contributed by atoms with Crippen LogP contribution in [0.2, 0.25) is 0 Å². The number of aromatic nitrogens is 1. The number of rotatable bonds is 3. The van der Waals surface area contributed by atoms with Gasteiger partial charge in [-0.2, -0.15) is 0 Å². The molecule has 0 unspecified atom stereocenters. The first kappa shape index (κ1) is 20.0. The van der Waals surface area contributed by atoms with Gasteiger partial charge in [-0.05, 0) is 67.6 Å². The fourth-order valence-corrected chi connectivity index (χ4v) is 4.51. The van der Waals surface area contributed by atoms with E-state index in [4.69, 9.17) is 4.74 Å². The van der Waals surface area contributed by atoms with Crippen LogP contribution in [0, 0.1) is 19.3 Å². The van der Waals surface area contributed by atoms with Gasteiger partial charge in [0.25, 0.3) is 5.91 Å². The van der Waals surface area contributed by atoms with Crippen LogP contribution >= 0.6 is 0 Å². The molecule has 2 saturated heterocycles. The molecule has 154 valence electrons. The molecule has 29 heavy (non-hydrogen) atoms. The lowest BCUT2D eigenvalue weighted by atomic mass is 9.78. The van der Waals surface area contributed by atoms with E-state index in [1.54, 1.807) is 0 Å². The molecule has 2 aliphatic heterocycles. The summed E-state index contributed by atoms with van der Waals surface area (Å²) in [5, 5.41) is 0. The van der Waals surface area contributed by atoms with Gasteiger partial charge in [0.2, 0.25) is 0 Å². The molecule has 0 radical (unpaired) electrons. The topological polar surface area (TPSA) is 45.7 Å². The Balaban J connectivity index is 1.40. The lowest BCUT2D eigenvalue weighted by Crippen LogP contribution is -2.48. The van der Waals surface area contributed by atoms with E-state index in [9.17, 15) is 4.79 Å². The van der Waals surface area contributed by atoms with Gasteiger partial charge in [-0.3, -0.25) is 14.7 Å². The van der Waals surface area contributed by atoms with Crippen molar-refractivity contribution >= 4 is 5.91 Å². The van der Waals surface area contributed by atoms with Gasteiger partial charge in [-0.25, -0.2) is 0 Å². The van der Waals surface area contributed by atoms with Gasteiger partial charge in [0, 0.05) is 56.1 Å². The Hall–Kier alpha value is -2.24. The molecule has 5 nitrogen and oxygen atoms in total. The van der Waals surface area contributed by atoms with E-state index in [1.165, 1.54) is 16.7 Å². The molecule has 0 saturated carbocycles. The third-order valence-corrected chi connectivity index (χ3v) is 6.54. The van der Waals surface area contributed by atoms with Crippen LogP contribution in [0.1, 0.15) is 39.9 Å². The van der Waals surface area contributed by atoms with E-state index < -0.39 is 0 Å². The van der Waals surface area contributed by atoms with E-state index in [-0.39, 0.29) is 11.3 Å². The lowest BCUT2D eigenvalue weighted by molar-refractivity contribution is 0.0145. The highest BCUT2D eigenvalue weighted by molar-refractivity contribution is 5.94. The Morgan fingerprint density at radius 1 is 1.07 bits per heavy atom. The molecule has 1 aromatic carbocycles. The normalized spacial score (nSPS) is 19.9. The van der Waals surface area contributed by atoms with E-state index in [2.05, 4.69) is 35.9 Å². The number of hydrogen-bond acceptors (Lipinski definition) is 4. The maximum absolute atomic E-state index is 13.0. The standard InChI is InChI=1S/C24H31N3O2/c1-19-3-4-22(15-20(19)2)23(28)27-11-7-24(8-12-27)17-26(13-14-29-18-24)16-21-5-9-25-10-6-21/h3-6,9-10,15H,7-8,11-14,16-18H2,1-2H3. The summed E-state index contributed by atoms with van der Waals surface area (Å²) in [6, 6.07) is 10.2. The first-order valence-electron chi connectivity index (χ1n) is 10.6. The predicted octanol–water partition coefficient (Wildman–Crippen LogP) is 3.45. The first-order valence-corrected chi connectivity index (χ1v) is 10.6. The van der Waals surface area contributed by atoms with Crippen molar-refractivity contribution in [2.45, 2.75) is 33.2 Å². The van der Waals surface area contributed by atoms with Crippen molar-refractivity contribution < 1.29 is 9.53 Å². The molecule has 1 aromatic heterocycles. The molecule has 0 aliphatic carbocycles. The minimum atomic E-state index is 0.142. The molecule has 3 heterocycles. The number of benzene rings is 1. The number of aryl methyl sites for hydroxylation is 2. The second kappa shape index (κ2) is 8.64. The number of pyridine rings is 1. The Morgan fingerprint density at radius 2 is 1.83 bits per heavy atom. The number of hydrogen-bond donors (Lipinski definition) is 0. The highest BCUT2D eigenvalue weighted by Crippen LogP contribution is 2.35. The van der Waals surface area contributed by atoms with Crippen LogP contribution in [-0.2, 0) is 11.3 Å². The zero-order chi connectivity index (χ0) is 20.3. The number of likely N-dealkylation sites (tertiary alicyclic amines) is 1. The van der Waals surface area contributed by atoms with Gasteiger partial charge in [0.15, 0.2) is 0 Å². The van der Waals surface area contributed by atoms with E-state index in [0.29, 0.717) is 0 Å². The van der Waals surface area contributed by atoms with Gasteiger partial charge < -0.3 is 9.64 Å². The van der Waals surface area contributed by atoms with Crippen LogP contribution in [0.4, 0.5) is 0 Å². The number of carbonyl (C=O) groups excluding carboxylic acids is 1. The number of piperidine rings is 1. The monoisotopic (exact) mass is 393 g/mol. The number of amides is 1. The Labute approximate surface area is 173 Å². The van der Waals surface area contributed by atoms with Crippen LogP contribution < -0.4 is 0 Å². The number of ether oxygens (including phenoxy) is 1. The Morgan fingerprint density at radius 3 is 2.55 bits per heavy atom. The minimum absolute atomic E-state index is 0.142. The molecular formula is C24H31N3O2. The molecule has 2 aliphatic rings. The van der Waals surface area contributed by atoms with Crippen LogP contribution in [0.5, 0.6) is 0 Å². The van der Waals surface area contributed by atoms with Crippen molar-refractivity contribution in [2.75, 3.05) is 39.4 Å². The minimum Gasteiger partial charge on any atom is -0.379 e. The predicted molar refractivity (Wildman–Crippen MR) is 114 cm³/mol. The van der Waals surface area contributed by atoms with Crippen molar-refractivity contribution in [1.29, 1.82) is 0 Å². The molecule has 2 fully saturated rings. The van der Waals surface area contributed by atoms with Gasteiger partial charge in [-0.15, -0.1) is 0 Å². The quantitative estimate of drug-likeness (QED) is 0.801. The van der Waals surface area contributed by atoms with Crippen LogP contribution in [0.15, 0.2) is 42.7 Å². The average Bonchev–Trinajstić information content (AvgIpc) is 2.93. The van der Waals surface area contributed by atoms with E-state index >= 15 is 0 Å². The summed E-state index contributed by atoms with van der Waals surface area (Å²) in [6.45, 7) is 10.2. The summed E-state index contributed by atoms with van der Waals surface area (Å²) in [7, 11) is 0. The third kappa shape index (κ3) is 4.68. The Bertz CT molecular complexity index is 844. The van der Waals surface area contributed by atoms with Gasteiger partial charge >= 0.3 is 0 Å².